The summed E-state index contributed by atoms with van der Waals surface area (Å²) in [6, 6.07) is 0. The standard InChI is InChI=1S/C14H25NO/c1-12(2)11-14(13(16)15-3)9-7-5-4-6-8-10-14/h7,9,12H,4-6,8,10-11H2,1-3H3,(H,15,16)/b9-7+. The molecular formula is C14H25NO. The van der Waals surface area contributed by atoms with Crippen LogP contribution in [0.2, 0.25) is 0 Å². The first-order chi connectivity index (χ1) is 7.60. The van der Waals surface area contributed by atoms with Crippen LogP contribution in [0.15, 0.2) is 12.2 Å². The van der Waals surface area contributed by atoms with Crippen LogP contribution in [0.5, 0.6) is 0 Å². The summed E-state index contributed by atoms with van der Waals surface area (Å²) in [5.74, 6) is 0.751. The van der Waals surface area contributed by atoms with Gasteiger partial charge in [-0.25, -0.2) is 0 Å². The van der Waals surface area contributed by atoms with E-state index in [9.17, 15) is 4.79 Å². The Morgan fingerprint density at radius 2 is 2.12 bits per heavy atom. The topological polar surface area (TPSA) is 29.1 Å². The molecule has 0 aliphatic heterocycles. The van der Waals surface area contributed by atoms with E-state index in [4.69, 9.17) is 0 Å². The Morgan fingerprint density at radius 1 is 1.38 bits per heavy atom. The summed E-state index contributed by atoms with van der Waals surface area (Å²) in [5, 5.41) is 2.84. The molecule has 0 fully saturated rings. The lowest BCUT2D eigenvalue weighted by atomic mass is 9.74. The molecule has 1 unspecified atom stereocenters. The molecule has 1 atom stereocenters. The van der Waals surface area contributed by atoms with Gasteiger partial charge in [0.1, 0.15) is 0 Å². The molecule has 16 heavy (non-hydrogen) atoms. The summed E-state index contributed by atoms with van der Waals surface area (Å²) in [6.07, 6.45) is 11.1. The maximum absolute atomic E-state index is 12.1. The fourth-order valence-electron chi connectivity index (χ4n) is 2.70. The molecule has 0 saturated heterocycles. The monoisotopic (exact) mass is 223 g/mol. The highest BCUT2D eigenvalue weighted by Gasteiger charge is 2.35. The van der Waals surface area contributed by atoms with Gasteiger partial charge in [0, 0.05) is 7.05 Å². The Bertz CT molecular complexity index is 257. The normalized spacial score (nSPS) is 28.2. The Kier molecular flexibility index (Phi) is 5.04. The van der Waals surface area contributed by atoms with Crippen LogP contribution in [-0.2, 0) is 4.79 Å². The molecule has 1 rings (SSSR count). The van der Waals surface area contributed by atoms with Gasteiger partial charge in [0.25, 0.3) is 0 Å². The highest BCUT2D eigenvalue weighted by Crippen LogP contribution is 2.36. The lowest BCUT2D eigenvalue weighted by molar-refractivity contribution is -0.129. The zero-order valence-corrected chi connectivity index (χ0v) is 10.9. The Morgan fingerprint density at radius 3 is 2.75 bits per heavy atom. The second kappa shape index (κ2) is 6.07. The molecule has 0 aromatic rings. The molecule has 0 aromatic carbocycles. The molecule has 0 radical (unpaired) electrons. The van der Waals surface area contributed by atoms with Gasteiger partial charge < -0.3 is 5.32 Å². The maximum Gasteiger partial charge on any atom is 0.229 e. The van der Waals surface area contributed by atoms with Gasteiger partial charge in [0.15, 0.2) is 0 Å². The first kappa shape index (κ1) is 13.3. The molecule has 2 heteroatoms. The van der Waals surface area contributed by atoms with Crippen molar-refractivity contribution in [3.63, 3.8) is 0 Å². The number of rotatable bonds is 3. The van der Waals surface area contributed by atoms with Gasteiger partial charge in [0.05, 0.1) is 5.41 Å². The summed E-state index contributed by atoms with van der Waals surface area (Å²) in [5.41, 5.74) is -0.247. The fourth-order valence-corrected chi connectivity index (χ4v) is 2.70. The predicted octanol–water partition coefficient (Wildman–Crippen LogP) is 3.29. The second-order valence-electron chi connectivity index (χ2n) is 5.33. The van der Waals surface area contributed by atoms with E-state index in [1.165, 1.54) is 19.3 Å². The van der Waals surface area contributed by atoms with Crippen molar-refractivity contribution in [1.29, 1.82) is 0 Å². The molecule has 1 N–H and O–H groups in total. The Balaban J connectivity index is 2.89. The van der Waals surface area contributed by atoms with Gasteiger partial charge in [-0.05, 0) is 31.6 Å². The Hall–Kier alpha value is -0.790. The summed E-state index contributed by atoms with van der Waals surface area (Å²) in [7, 11) is 1.75. The third-order valence-electron chi connectivity index (χ3n) is 3.38. The number of carbonyl (C=O) groups excluding carboxylic acids is 1. The van der Waals surface area contributed by atoms with Gasteiger partial charge in [-0.3, -0.25) is 4.79 Å². The minimum absolute atomic E-state index is 0.194. The van der Waals surface area contributed by atoms with Crippen LogP contribution in [0.1, 0.15) is 52.4 Å². The van der Waals surface area contributed by atoms with Crippen LogP contribution >= 0.6 is 0 Å². The van der Waals surface area contributed by atoms with Crippen molar-refractivity contribution in [2.24, 2.45) is 11.3 Å². The Labute approximate surface area is 99.5 Å². The van der Waals surface area contributed by atoms with Crippen molar-refractivity contribution < 1.29 is 4.79 Å². The predicted molar refractivity (Wildman–Crippen MR) is 68.2 cm³/mol. The van der Waals surface area contributed by atoms with Crippen LogP contribution in [0.4, 0.5) is 0 Å². The minimum Gasteiger partial charge on any atom is -0.358 e. The fraction of sp³-hybridized carbons (Fsp3) is 0.786. The van der Waals surface area contributed by atoms with Gasteiger partial charge in [-0.15, -0.1) is 0 Å². The molecule has 0 bridgehead atoms. The average molecular weight is 223 g/mol. The van der Waals surface area contributed by atoms with Crippen molar-refractivity contribution in [1.82, 2.24) is 5.32 Å². The quantitative estimate of drug-likeness (QED) is 0.731. The number of allylic oxidation sites excluding steroid dienone is 1. The van der Waals surface area contributed by atoms with Crippen molar-refractivity contribution in [3.05, 3.63) is 12.2 Å². The first-order valence-corrected chi connectivity index (χ1v) is 6.50. The van der Waals surface area contributed by atoms with Crippen molar-refractivity contribution >= 4 is 5.91 Å². The smallest absolute Gasteiger partial charge is 0.229 e. The first-order valence-electron chi connectivity index (χ1n) is 6.50. The SMILES string of the molecule is CNC(=O)C1(CC(C)C)/C=C/CCCCC1. The van der Waals surface area contributed by atoms with Gasteiger partial charge in [0.2, 0.25) is 5.91 Å². The number of carbonyl (C=O) groups is 1. The van der Waals surface area contributed by atoms with Crippen molar-refractivity contribution in [3.8, 4) is 0 Å². The van der Waals surface area contributed by atoms with E-state index in [0.717, 1.165) is 19.3 Å². The van der Waals surface area contributed by atoms with E-state index in [1.807, 2.05) is 0 Å². The highest BCUT2D eigenvalue weighted by molar-refractivity contribution is 5.84. The summed E-state index contributed by atoms with van der Waals surface area (Å²) in [4.78, 5) is 12.1. The number of hydrogen-bond donors (Lipinski definition) is 1. The number of nitrogens with one attached hydrogen (secondary N) is 1. The van der Waals surface area contributed by atoms with E-state index < -0.39 is 0 Å². The average Bonchev–Trinajstić information content (AvgIpc) is 2.20. The van der Waals surface area contributed by atoms with E-state index >= 15 is 0 Å². The van der Waals surface area contributed by atoms with E-state index in [2.05, 4.69) is 31.3 Å². The van der Waals surface area contributed by atoms with Crippen molar-refractivity contribution in [2.75, 3.05) is 7.05 Å². The van der Waals surface area contributed by atoms with Crippen LogP contribution < -0.4 is 5.32 Å². The van der Waals surface area contributed by atoms with E-state index in [0.29, 0.717) is 5.92 Å². The summed E-state index contributed by atoms with van der Waals surface area (Å²) < 4.78 is 0. The number of amides is 1. The molecule has 1 aliphatic rings. The molecule has 1 aliphatic carbocycles. The molecule has 0 aromatic heterocycles. The lowest BCUT2D eigenvalue weighted by Crippen LogP contribution is -2.39. The zero-order chi connectivity index (χ0) is 12.0. The number of hydrogen-bond acceptors (Lipinski definition) is 1. The molecule has 2 nitrogen and oxygen atoms in total. The van der Waals surface area contributed by atoms with Crippen molar-refractivity contribution in [2.45, 2.75) is 52.4 Å². The third kappa shape index (κ3) is 3.36. The minimum atomic E-state index is -0.247. The van der Waals surface area contributed by atoms with Crippen LogP contribution in [-0.4, -0.2) is 13.0 Å². The molecule has 0 saturated carbocycles. The molecule has 0 spiro atoms. The largest absolute Gasteiger partial charge is 0.358 e. The van der Waals surface area contributed by atoms with E-state index in [-0.39, 0.29) is 11.3 Å². The molecular weight excluding hydrogens is 198 g/mol. The summed E-state index contributed by atoms with van der Waals surface area (Å²) >= 11 is 0. The highest BCUT2D eigenvalue weighted by atomic mass is 16.2. The van der Waals surface area contributed by atoms with E-state index in [1.54, 1.807) is 7.05 Å². The molecule has 1 amide bonds. The van der Waals surface area contributed by atoms with Gasteiger partial charge in [-0.1, -0.05) is 38.8 Å². The summed E-state index contributed by atoms with van der Waals surface area (Å²) in [6.45, 7) is 4.38. The van der Waals surface area contributed by atoms with Gasteiger partial charge >= 0.3 is 0 Å². The van der Waals surface area contributed by atoms with Crippen LogP contribution in [0, 0.1) is 11.3 Å². The van der Waals surface area contributed by atoms with Crippen LogP contribution in [0.25, 0.3) is 0 Å². The molecule has 92 valence electrons. The lowest BCUT2D eigenvalue weighted by Gasteiger charge is -2.31. The van der Waals surface area contributed by atoms with Crippen LogP contribution in [0.3, 0.4) is 0 Å². The van der Waals surface area contributed by atoms with Gasteiger partial charge in [-0.2, -0.15) is 0 Å². The maximum atomic E-state index is 12.1. The second-order valence-corrected chi connectivity index (χ2v) is 5.33. The third-order valence-corrected chi connectivity index (χ3v) is 3.38. The molecule has 0 heterocycles. The zero-order valence-electron chi connectivity index (χ0n) is 10.9.